The summed E-state index contributed by atoms with van der Waals surface area (Å²) in [5, 5.41) is 0. The zero-order valence-electron chi connectivity index (χ0n) is 11.6. The molecule has 8 heteroatoms. The van der Waals surface area contributed by atoms with Gasteiger partial charge in [-0.15, -0.1) is 13.2 Å². The highest BCUT2D eigenvalue weighted by Gasteiger charge is 2.31. The maximum Gasteiger partial charge on any atom is 0.573 e. The summed E-state index contributed by atoms with van der Waals surface area (Å²) >= 11 is 3.41. The Morgan fingerprint density at radius 1 is 1.09 bits per heavy atom. The van der Waals surface area contributed by atoms with Crippen LogP contribution in [0.15, 0.2) is 40.9 Å². The molecule has 1 aliphatic heterocycles. The molecule has 23 heavy (non-hydrogen) atoms. The van der Waals surface area contributed by atoms with E-state index in [0.29, 0.717) is 17.1 Å². The number of fused-ring (bicyclic) bond motifs is 1. The molecule has 1 aliphatic rings. The molecule has 0 saturated carbocycles. The van der Waals surface area contributed by atoms with Crippen molar-refractivity contribution in [1.82, 2.24) is 0 Å². The molecule has 0 fully saturated rings. The number of hydrogen-bond donors (Lipinski definition) is 1. The van der Waals surface area contributed by atoms with Crippen LogP contribution >= 0.6 is 15.9 Å². The molecule has 3 rings (SSSR count). The summed E-state index contributed by atoms with van der Waals surface area (Å²) < 4.78 is 51.6. The summed E-state index contributed by atoms with van der Waals surface area (Å²) in [5.74, 6) is 0.899. The largest absolute Gasteiger partial charge is 0.573 e. The Bertz CT molecular complexity index is 719. The molecule has 0 spiro atoms. The average Bonchev–Trinajstić information content (AvgIpc) is 2.92. The lowest BCUT2D eigenvalue weighted by atomic mass is 9.99. The quantitative estimate of drug-likeness (QED) is 0.857. The minimum absolute atomic E-state index is 0.143. The smallest absolute Gasteiger partial charge is 0.454 e. The van der Waals surface area contributed by atoms with Crippen molar-refractivity contribution in [2.75, 3.05) is 6.79 Å². The summed E-state index contributed by atoms with van der Waals surface area (Å²) in [7, 11) is 0. The Morgan fingerprint density at radius 3 is 2.30 bits per heavy atom. The van der Waals surface area contributed by atoms with Gasteiger partial charge in [-0.1, -0.05) is 28.1 Å². The normalized spacial score (nSPS) is 14.7. The van der Waals surface area contributed by atoms with Crippen molar-refractivity contribution < 1.29 is 27.4 Å². The van der Waals surface area contributed by atoms with E-state index in [1.54, 1.807) is 12.1 Å². The molecule has 4 nitrogen and oxygen atoms in total. The Labute approximate surface area is 138 Å². The van der Waals surface area contributed by atoms with Gasteiger partial charge < -0.3 is 19.9 Å². The molecule has 0 saturated heterocycles. The van der Waals surface area contributed by atoms with Gasteiger partial charge in [0, 0.05) is 4.47 Å². The first-order valence-corrected chi connectivity index (χ1v) is 7.33. The van der Waals surface area contributed by atoms with E-state index in [-0.39, 0.29) is 12.5 Å². The number of nitrogens with two attached hydrogens (primary N) is 1. The first-order chi connectivity index (χ1) is 10.8. The molecule has 0 radical (unpaired) electrons. The maximum absolute atomic E-state index is 12.2. The van der Waals surface area contributed by atoms with Gasteiger partial charge in [-0.2, -0.15) is 0 Å². The van der Waals surface area contributed by atoms with Crippen LogP contribution in [0.5, 0.6) is 17.2 Å². The zero-order chi connectivity index (χ0) is 16.6. The van der Waals surface area contributed by atoms with Crippen LogP contribution in [0.2, 0.25) is 0 Å². The molecule has 0 unspecified atom stereocenters. The van der Waals surface area contributed by atoms with Gasteiger partial charge in [-0.05, 0) is 35.4 Å². The van der Waals surface area contributed by atoms with E-state index in [4.69, 9.17) is 15.2 Å². The third-order valence-electron chi connectivity index (χ3n) is 3.30. The molecule has 1 atom stereocenters. The topological polar surface area (TPSA) is 53.7 Å². The molecule has 0 bridgehead atoms. The monoisotopic (exact) mass is 389 g/mol. The lowest BCUT2D eigenvalue weighted by Gasteiger charge is -2.16. The van der Waals surface area contributed by atoms with E-state index in [9.17, 15) is 13.2 Å². The van der Waals surface area contributed by atoms with Crippen LogP contribution in [0.4, 0.5) is 13.2 Å². The maximum atomic E-state index is 12.2. The van der Waals surface area contributed by atoms with Crippen LogP contribution in [0.1, 0.15) is 17.2 Å². The Balaban J connectivity index is 1.84. The lowest BCUT2D eigenvalue weighted by molar-refractivity contribution is -0.274. The number of alkyl halides is 3. The highest BCUT2D eigenvalue weighted by atomic mass is 79.9. The molecule has 122 valence electrons. The van der Waals surface area contributed by atoms with Gasteiger partial charge in [-0.3, -0.25) is 0 Å². The summed E-state index contributed by atoms with van der Waals surface area (Å²) in [6.07, 6.45) is -4.72. The highest BCUT2D eigenvalue weighted by Crippen LogP contribution is 2.40. The van der Waals surface area contributed by atoms with Gasteiger partial charge in [0.1, 0.15) is 5.75 Å². The number of ether oxygens (including phenoxy) is 3. The third kappa shape index (κ3) is 3.53. The van der Waals surface area contributed by atoms with Crippen molar-refractivity contribution in [3.8, 4) is 17.2 Å². The molecular weight excluding hydrogens is 379 g/mol. The fraction of sp³-hybridized carbons (Fsp3) is 0.200. The van der Waals surface area contributed by atoms with E-state index in [1.807, 2.05) is 0 Å². The predicted octanol–water partition coefficient (Wildman–Crippen LogP) is 4.12. The number of rotatable bonds is 3. The van der Waals surface area contributed by atoms with Crippen molar-refractivity contribution in [2.24, 2.45) is 5.73 Å². The molecule has 1 heterocycles. The molecule has 2 aromatic rings. The molecule has 0 amide bonds. The van der Waals surface area contributed by atoms with Crippen LogP contribution in [0.3, 0.4) is 0 Å². The minimum atomic E-state index is -4.72. The Kier molecular flexibility index (Phi) is 4.11. The summed E-state index contributed by atoms with van der Waals surface area (Å²) in [6.45, 7) is 0.143. The van der Waals surface area contributed by atoms with Crippen molar-refractivity contribution in [1.29, 1.82) is 0 Å². The second kappa shape index (κ2) is 5.93. The number of benzene rings is 2. The van der Waals surface area contributed by atoms with Crippen LogP contribution in [0.25, 0.3) is 0 Å². The van der Waals surface area contributed by atoms with Crippen LogP contribution in [-0.4, -0.2) is 13.2 Å². The van der Waals surface area contributed by atoms with Gasteiger partial charge in [0.2, 0.25) is 6.79 Å². The Hall–Kier alpha value is -1.93. The highest BCUT2D eigenvalue weighted by molar-refractivity contribution is 9.10. The minimum Gasteiger partial charge on any atom is -0.454 e. The third-order valence-corrected chi connectivity index (χ3v) is 3.99. The second-order valence-corrected chi connectivity index (χ2v) is 5.68. The molecule has 2 N–H and O–H groups in total. The van der Waals surface area contributed by atoms with E-state index >= 15 is 0 Å². The van der Waals surface area contributed by atoms with E-state index in [1.165, 1.54) is 24.3 Å². The van der Waals surface area contributed by atoms with Crippen molar-refractivity contribution in [3.63, 3.8) is 0 Å². The van der Waals surface area contributed by atoms with Gasteiger partial charge in [0.25, 0.3) is 0 Å². The summed E-state index contributed by atoms with van der Waals surface area (Å²) in [5.41, 5.74) is 7.57. The van der Waals surface area contributed by atoms with Gasteiger partial charge in [-0.25, -0.2) is 0 Å². The van der Waals surface area contributed by atoms with E-state index < -0.39 is 12.4 Å². The first kappa shape index (κ1) is 15.9. The van der Waals surface area contributed by atoms with Gasteiger partial charge in [0.05, 0.1) is 6.04 Å². The first-order valence-electron chi connectivity index (χ1n) is 6.54. The van der Waals surface area contributed by atoms with Crippen LogP contribution < -0.4 is 19.9 Å². The molecule has 0 aromatic heterocycles. The van der Waals surface area contributed by atoms with E-state index in [0.717, 1.165) is 10.0 Å². The predicted molar refractivity (Wildman–Crippen MR) is 79.4 cm³/mol. The number of halogens is 4. The summed E-state index contributed by atoms with van der Waals surface area (Å²) in [6, 6.07) is 8.38. The van der Waals surface area contributed by atoms with Crippen LogP contribution in [0, 0.1) is 0 Å². The van der Waals surface area contributed by atoms with Gasteiger partial charge in [0.15, 0.2) is 11.5 Å². The van der Waals surface area contributed by atoms with Crippen LogP contribution in [-0.2, 0) is 0 Å². The average molecular weight is 390 g/mol. The molecule has 2 aromatic carbocycles. The van der Waals surface area contributed by atoms with Crippen molar-refractivity contribution in [3.05, 3.63) is 52.0 Å². The van der Waals surface area contributed by atoms with Crippen molar-refractivity contribution >= 4 is 15.9 Å². The SMILES string of the molecule is N[C@@H](c1ccc(OC(F)(F)F)cc1)c1cc2c(cc1Br)OCO2. The molecular formula is C15H11BrF3NO3. The fourth-order valence-electron chi connectivity index (χ4n) is 2.23. The van der Waals surface area contributed by atoms with Crippen molar-refractivity contribution in [2.45, 2.75) is 12.4 Å². The number of hydrogen-bond acceptors (Lipinski definition) is 4. The fourth-order valence-corrected chi connectivity index (χ4v) is 2.80. The standard InChI is InChI=1S/C15H11BrF3NO3/c16-11-6-13-12(21-7-22-13)5-10(11)14(20)8-1-3-9(4-2-8)23-15(17,18)19/h1-6,14H,7,20H2/t14-/m0/s1. The Morgan fingerprint density at radius 2 is 1.70 bits per heavy atom. The second-order valence-electron chi connectivity index (χ2n) is 4.82. The van der Waals surface area contributed by atoms with Gasteiger partial charge >= 0.3 is 6.36 Å². The summed E-state index contributed by atoms with van der Waals surface area (Å²) in [4.78, 5) is 0. The van der Waals surface area contributed by atoms with E-state index in [2.05, 4.69) is 20.7 Å². The lowest BCUT2D eigenvalue weighted by Crippen LogP contribution is -2.17. The zero-order valence-corrected chi connectivity index (χ0v) is 13.1. The molecule has 0 aliphatic carbocycles.